The quantitative estimate of drug-likeness (QED) is 0.799. The highest BCUT2D eigenvalue weighted by molar-refractivity contribution is 5.42. The Balaban J connectivity index is 2.46. The minimum atomic E-state index is 0.126. The summed E-state index contributed by atoms with van der Waals surface area (Å²) in [6, 6.07) is 5.95. The van der Waals surface area contributed by atoms with Gasteiger partial charge in [0.1, 0.15) is 6.61 Å². The number of methoxy groups -OCH3 is 1. The molecule has 0 amide bonds. The third kappa shape index (κ3) is 5.09. The van der Waals surface area contributed by atoms with Crippen LogP contribution >= 0.6 is 0 Å². The van der Waals surface area contributed by atoms with E-state index >= 15 is 0 Å². The Morgan fingerprint density at radius 2 is 1.88 bits per heavy atom. The fourth-order valence-electron chi connectivity index (χ4n) is 1.48. The van der Waals surface area contributed by atoms with Gasteiger partial charge >= 0.3 is 0 Å². The van der Waals surface area contributed by atoms with Crippen molar-refractivity contribution in [2.75, 3.05) is 20.3 Å². The van der Waals surface area contributed by atoms with Crippen LogP contribution in [0.1, 0.15) is 26.3 Å². The molecule has 0 saturated heterocycles. The molecule has 0 heterocycles. The van der Waals surface area contributed by atoms with Crippen LogP contribution in [0, 0.1) is 6.92 Å². The maximum atomic E-state index is 5.69. The van der Waals surface area contributed by atoms with Crippen LogP contribution < -0.4 is 14.8 Å². The summed E-state index contributed by atoms with van der Waals surface area (Å²) in [5.74, 6) is 1.59. The van der Waals surface area contributed by atoms with Crippen LogP contribution in [0.15, 0.2) is 18.2 Å². The molecule has 3 nitrogen and oxygen atoms in total. The lowest BCUT2D eigenvalue weighted by Gasteiger charge is -2.20. The highest BCUT2D eigenvalue weighted by atomic mass is 16.5. The average molecular weight is 237 g/mol. The zero-order chi connectivity index (χ0) is 12.9. The second-order valence-electron chi connectivity index (χ2n) is 5.18. The summed E-state index contributed by atoms with van der Waals surface area (Å²) in [5.41, 5.74) is 1.29. The monoisotopic (exact) mass is 237 g/mol. The van der Waals surface area contributed by atoms with Gasteiger partial charge in [-0.05, 0) is 45.4 Å². The molecular weight excluding hydrogens is 214 g/mol. The van der Waals surface area contributed by atoms with Gasteiger partial charge in [0.2, 0.25) is 0 Å². The number of benzene rings is 1. The van der Waals surface area contributed by atoms with Crippen LogP contribution in [0.25, 0.3) is 0 Å². The van der Waals surface area contributed by atoms with Crippen molar-refractivity contribution < 1.29 is 9.47 Å². The number of hydrogen-bond donors (Lipinski definition) is 1. The Hall–Kier alpha value is -1.22. The fraction of sp³-hybridized carbons (Fsp3) is 0.571. The summed E-state index contributed by atoms with van der Waals surface area (Å²) in [6.45, 7) is 9.91. The van der Waals surface area contributed by atoms with E-state index in [0.717, 1.165) is 18.0 Å². The third-order valence-corrected chi connectivity index (χ3v) is 2.33. The first-order valence-electron chi connectivity index (χ1n) is 5.95. The normalized spacial score (nSPS) is 11.4. The molecule has 0 radical (unpaired) electrons. The summed E-state index contributed by atoms with van der Waals surface area (Å²) >= 11 is 0. The maximum Gasteiger partial charge on any atom is 0.161 e. The van der Waals surface area contributed by atoms with Crippen molar-refractivity contribution in [3.63, 3.8) is 0 Å². The lowest BCUT2D eigenvalue weighted by atomic mass is 10.1. The Morgan fingerprint density at radius 3 is 2.47 bits per heavy atom. The number of rotatable bonds is 5. The van der Waals surface area contributed by atoms with Gasteiger partial charge in [-0.1, -0.05) is 6.07 Å². The molecule has 0 aliphatic rings. The zero-order valence-corrected chi connectivity index (χ0v) is 11.5. The van der Waals surface area contributed by atoms with E-state index < -0.39 is 0 Å². The summed E-state index contributed by atoms with van der Waals surface area (Å²) < 4.78 is 11.0. The second-order valence-corrected chi connectivity index (χ2v) is 5.18. The number of nitrogens with one attached hydrogen (secondary N) is 1. The highest BCUT2D eigenvalue weighted by Crippen LogP contribution is 2.27. The topological polar surface area (TPSA) is 30.5 Å². The predicted octanol–water partition coefficient (Wildman–Crippen LogP) is 2.77. The van der Waals surface area contributed by atoms with Crippen molar-refractivity contribution in [3.8, 4) is 11.5 Å². The van der Waals surface area contributed by atoms with Crippen LogP contribution in [0.2, 0.25) is 0 Å². The highest BCUT2D eigenvalue weighted by Gasteiger charge is 2.08. The number of aryl methyl sites for hydroxylation is 1. The molecule has 0 bridgehead atoms. The Bertz CT molecular complexity index is 356. The third-order valence-electron chi connectivity index (χ3n) is 2.33. The van der Waals surface area contributed by atoms with Gasteiger partial charge < -0.3 is 14.8 Å². The molecular formula is C14H23NO2. The molecule has 0 atom stereocenters. The molecule has 1 aromatic rings. The standard InChI is InChI=1S/C14H23NO2/c1-11-6-7-12(13(10-11)16-5)17-9-8-15-14(2,3)4/h6-7,10,15H,8-9H2,1-5H3. The van der Waals surface area contributed by atoms with Gasteiger partial charge in [-0.25, -0.2) is 0 Å². The summed E-state index contributed by atoms with van der Waals surface area (Å²) in [7, 11) is 1.66. The van der Waals surface area contributed by atoms with Gasteiger partial charge in [0.05, 0.1) is 7.11 Å². The number of ether oxygens (including phenoxy) is 2. The molecule has 0 fully saturated rings. The summed E-state index contributed by atoms with van der Waals surface area (Å²) in [6.07, 6.45) is 0. The van der Waals surface area contributed by atoms with Crippen LogP contribution in [0.3, 0.4) is 0 Å². The fourth-order valence-corrected chi connectivity index (χ4v) is 1.48. The van der Waals surface area contributed by atoms with Gasteiger partial charge in [-0.3, -0.25) is 0 Å². The van der Waals surface area contributed by atoms with E-state index in [0.29, 0.717) is 6.61 Å². The molecule has 0 spiro atoms. The molecule has 0 aliphatic carbocycles. The van der Waals surface area contributed by atoms with Gasteiger partial charge in [0, 0.05) is 12.1 Å². The zero-order valence-electron chi connectivity index (χ0n) is 11.5. The summed E-state index contributed by atoms with van der Waals surface area (Å²) in [5, 5.41) is 3.38. The van der Waals surface area contributed by atoms with Gasteiger partial charge in [0.15, 0.2) is 11.5 Å². The first kappa shape index (κ1) is 13.8. The van der Waals surface area contributed by atoms with Gasteiger partial charge in [-0.15, -0.1) is 0 Å². The maximum absolute atomic E-state index is 5.69. The van der Waals surface area contributed by atoms with Crippen molar-refractivity contribution in [3.05, 3.63) is 23.8 Å². The second kappa shape index (κ2) is 5.92. The molecule has 1 aromatic carbocycles. The predicted molar refractivity (Wildman–Crippen MR) is 71.0 cm³/mol. The lowest BCUT2D eigenvalue weighted by molar-refractivity contribution is 0.276. The van der Waals surface area contributed by atoms with E-state index in [2.05, 4.69) is 26.1 Å². The molecule has 3 heteroatoms. The Labute approximate surface area is 104 Å². The minimum Gasteiger partial charge on any atom is -0.493 e. The average Bonchev–Trinajstić information content (AvgIpc) is 2.24. The molecule has 0 saturated carbocycles. The van der Waals surface area contributed by atoms with Crippen LogP contribution in [-0.4, -0.2) is 25.8 Å². The molecule has 0 aliphatic heterocycles. The minimum absolute atomic E-state index is 0.126. The van der Waals surface area contributed by atoms with Crippen molar-refractivity contribution in [1.29, 1.82) is 0 Å². The lowest BCUT2D eigenvalue weighted by Crippen LogP contribution is -2.38. The van der Waals surface area contributed by atoms with E-state index in [1.165, 1.54) is 5.56 Å². The molecule has 0 unspecified atom stereocenters. The first-order valence-corrected chi connectivity index (χ1v) is 5.95. The van der Waals surface area contributed by atoms with Crippen LogP contribution in [0.5, 0.6) is 11.5 Å². The molecule has 1 N–H and O–H groups in total. The van der Waals surface area contributed by atoms with E-state index in [-0.39, 0.29) is 5.54 Å². The smallest absolute Gasteiger partial charge is 0.161 e. The van der Waals surface area contributed by atoms with Crippen molar-refractivity contribution in [2.45, 2.75) is 33.2 Å². The van der Waals surface area contributed by atoms with Gasteiger partial charge in [0.25, 0.3) is 0 Å². The number of hydrogen-bond acceptors (Lipinski definition) is 3. The molecule has 0 aromatic heterocycles. The largest absolute Gasteiger partial charge is 0.493 e. The first-order chi connectivity index (χ1) is 7.92. The SMILES string of the molecule is COc1cc(C)ccc1OCCNC(C)(C)C. The van der Waals surface area contributed by atoms with E-state index in [1.54, 1.807) is 7.11 Å². The molecule has 96 valence electrons. The molecule has 17 heavy (non-hydrogen) atoms. The van der Waals surface area contributed by atoms with Crippen molar-refractivity contribution in [2.24, 2.45) is 0 Å². The Kier molecular flexibility index (Phi) is 4.82. The van der Waals surface area contributed by atoms with E-state index in [1.807, 2.05) is 25.1 Å². The van der Waals surface area contributed by atoms with Crippen molar-refractivity contribution >= 4 is 0 Å². The summed E-state index contributed by atoms with van der Waals surface area (Å²) in [4.78, 5) is 0. The van der Waals surface area contributed by atoms with Crippen LogP contribution in [-0.2, 0) is 0 Å². The van der Waals surface area contributed by atoms with Gasteiger partial charge in [-0.2, -0.15) is 0 Å². The van der Waals surface area contributed by atoms with Crippen LogP contribution in [0.4, 0.5) is 0 Å². The molecule has 1 rings (SSSR count). The Morgan fingerprint density at radius 1 is 1.18 bits per heavy atom. The van der Waals surface area contributed by atoms with E-state index in [4.69, 9.17) is 9.47 Å². The van der Waals surface area contributed by atoms with Crippen molar-refractivity contribution in [1.82, 2.24) is 5.32 Å². The van der Waals surface area contributed by atoms with E-state index in [9.17, 15) is 0 Å².